The number of carbonyl (C=O) groups is 1. The summed E-state index contributed by atoms with van der Waals surface area (Å²) in [5, 5.41) is 12.6. The fourth-order valence-corrected chi connectivity index (χ4v) is 2.92. The molecule has 0 spiro atoms. The molecule has 5 heteroatoms. The van der Waals surface area contributed by atoms with Crippen LogP contribution in [0.1, 0.15) is 25.7 Å². The lowest BCUT2D eigenvalue weighted by Crippen LogP contribution is -2.46. The van der Waals surface area contributed by atoms with Crippen LogP contribution in [0.15, 0.2) is 0 Å². The maximum Gasteiger partial charge on any atom is 0.240 e. The number of β-amino-alcohol motifs (C(OH)–C–C–N with tert-alkyl or cyclic N) is 1. The molecule has 0 aromatic rings. The van der Waals surface area contributed by atoms with Crippen molar-refractivity contribution >= 4 is 5.91 Å². The van der Waals surface area contributed by atoms with Crippen LogP contribution in [0.2, 0.25) is 0 Å². The summed E-state index contributed by atoms with van der Waals surface area (Å²) < 4.78 is 5.39. The van der Waals surface area contributed by atoms with Gasteiger partial charge in [0.25, 0.3) is 0 Å². The van der Waals surface area contributed by atoms with Crippen molar-refractivity contribution in [1.82, 2.24) is 10.2 Å². The highest BCUT2D eigenvalue weighted by atomic mass is 16.5. The molecule has 0 bridgehead atoms. The zero-order chi connectivity index (χ0) is 12.5. The Morgan fingerprint density at radius 1 is 1.39 bits per heavy atom. The zero-order valence-electron chi connectivity index (χ0n) is 10.7. The van der Waals surface area contributed by atoms with E-state index in [1.165, 1.54) is 0 Å². The van der Waals surface area contributed by atoms with Gasteiger partial charge in [0.15, 0.2) is 0 Å². The van der Waals surface area contributed by atoms with Gasteiger partial charge in [-0.25, -0.2) is 0 Å². The molecule has 2 aliphatic heterocycles. The van der Waals surface area contributed by atoms with E-state index in [1.54, 1.807) is 0 Å². The van der Waals surface area contributed by atoms with E-state index in [-0.39, 0.29) is 18.1 Å². The van der Waals surface area contributed by atoms with Crippen molar-refractivity contribution in [3.63, 3.8) is 0 Å². The van der Waals surface area contributed by atoms with Crippen LogP contribution in [0.5, 0.6) is 0 Å². The predicted molar refractivity (Wildman–Crippen MR) is 66.1 cm³/mol. The summed E-state index contributed by atoms with van der Waals surface area (Å²) in [6.45, 7) is 2.99. The molecule has 102 valence electrons. The largest absolute Gasteiger partial charge is 0.392 e. The number of carbonyl (C=O) groups excluding carboxylic acids is 1. The monoisotopic (exact) mass is 254 g/mol. The lowest BCUT2D eigenvalue weighted by Gasteiger charge is -2.27. The van der Waals surface area contributed by atoms with Gasteiger partial charge in [-0.3, -0.25) is 4.79 Å². The molecule has 2 N–H and O–H groups in total. The molecule has 0 aromatic carbocycles. The maximum atomic E-state index is 12.5. The molecule has 3 unspecified atom stereocenters. The van der Waals surface area contributed by atoms with Crippen LogP contribution in [0.25, 0.3) is 0 Å². The van der Waals surface area contributed by atoms with Gasteiger partial charge < -0.3 is 20.1 Å². The van der Waals surface area contributed by atoms with Crippen LogP contribution in [0.3, 0.4) is 0 Å². The minimum absolute atomic E-state index is 0.178. The van der Waals surface area contributed by atoms with Gasteiger partial charge >= 0.3 is 0 Å². The average molecular weight is 254 g/mol. The van der Waals surface area contributed by atoms with Crippen molar-refractivity contribution in [2.45, 2.75) is 43.9 Å². The first-order chi connectivity index (χ1) is 8.74. The minimum atomic E-state index is -0.366. The number of aliphatic hydroxyl groups excluding tert-OH is 1. The molecule has 0 radical (unpaired) electrons. The highest BCUT2D eigenvalue weighted by Gasteiger charge is 2.39. The molecule has 3 fully saturated rings. The van der Waals surface area contributed by atoms with Gasteiger partial charge in [0, 0.05) is 31.7 Å². The second kappa shape index (κ2) is 5.15. The Labute approximate surface area is 107 Å². The normalized spacial score (nSPS) is 35.9. The Kier molecular flexibility index (Phi) is 3.54. The van der Waals surface area contributed by atoms with Crippen LogP contribution >= 0.6 is 0 Å². The summed E-state index contributed by atoms with van der Waals surface area (Å²) >= 11 is 0. The van der Waals surface area contributed by atoms with Gasteiger partial charge in [0.2, 0.25) is 5.91 Å². The smallest absolute Gasteiger partial charge is 0.240 e. The second-order valence-electron chi connectivity index (χ2n) is 5.80. The first-order valence-electron chi connectivity index (χ1n) is 7.03. The van der Waals surface area contributed by atoms with Crippen LogP contribution in [0.4, 0.5) is 0 Å². The molecule has 3 aliphatic rings. The van der Waals surface area contributed by atoms with Gasteiger partial charge in [0.1, 0.15) is 0 Å². The number of ether oxygens (including phenoxy) is 1. The summed E-state index contributed by atoms with van der Waals surface area (Å²) in [6, 6.07) is 0.264. The molecule has 0 aromatic heterocycles. The van der Waals surface area contributed by atoms with Crippen molar-refractivity contribution in [2.75, 3.05) is 26.3 Å². The quantitative estimate of drug-likeness (QED) is 0.725. The molecule has 2 heterocycles. The Balaban J connectivity index is 1.59. The highest BCUT2D eigenvalue weighted by molar-refractivity contribution is 5.83. The van der Waals surface area contributed by atoms with Crippen LogP contribution in [0, 0.1) is 5.92 Å². The third-order valence-corrected chi connectivity index (χ3v) is 4.16. The van der Waals surface area contributed by atoms with Crippen molar-refractivity contribution in [2.24, 2.45) is 5.92 Å². The SMILES string of the molecule is O=C(C1CC(O)CN1)N(CC1CCOC1)C1CC1. The van der Waals surface area contributed by atoms with Gasteiger partial charge in [-0.1, -0.05) is 0 Å². The standard InChI is InChI=1S/C13H22N2O3/c16-11-5-12(14-6-11)13(17)15(10-1-2-10)7-9-3-4-18-8-9/h9-12,14,16H,1-8H2. The molecule has 5 nitrogen and oxygen atoms in total. The number of nitrogens with zero attached hydrogens (tertiary/aromatic N) is 1. The van der Waals surface area contributed by atoms with E-state index in [9.17, 15) is 9.90 Å². The lowest BCUT2D eigenvalue weighted by atomic mass is 10.1. The topological polar surface area (TPSA) is 61.8 Å². The van der Waals surface area contributed by atoms with E-state index in [4.69, 9.17) is 4.74 Å². The van der Waals surface area contributed by atoms with E-state index >= 15 is 0 Å². The van der Waals surface area contributed by atoms with Gasteiger partial charge in [-0.2, -0.15) is 0 Å². The number of aliphatic hydroxyl groups is 1. The van der Waals surface area contributed by atoms with Crippen molar-refractivity contribution in [3.05, 3.63) is 0 Å². The number of hydrogen-bond acceptors (Lipinski definition) is 4. The first-order valence-corrected chi connectivity index (χ1v) is 7.03. The second-order valence-corrected chi connectivity index (χ2v) is 5.80. The predicted octanol–water partition coefficient (Wildman–Crippen LogP) is -0.263. The van der Waals surface area contributed by atoms with E-state index in [1.807, 2.05) is 4.90 Å². The molecule has 18 heavy (non-hydrogen) atoms. The lowest BCUT2D eigenvalue weighted by molar-refractivity contribution is -0.134. The third kappa shape index (κ3) is 2.68. The molecule has 1 saturated carbocycles. The van der Waals surface area contributed by atoms with Crippen LogP contribution < -0.4 is 5.32 Å². The molecule has 2 saturated heterocycles. The van der Waals surface area contributed by atoms with Gasteiger partial charge in [-0.05, 0) is 25.7 Å². The Bertz CT molecular complexity index is 313. The fraction of sp³-hybridized carbons (Fsp3) is 0.923. The minimum Gasteiger partial charge on any atom is -0.392 e. The van der Waals surface area contributed by atoms with E-state index in [0.717, 1.165) is 39.0 Å². The molecule has 1 aliphatic carbocycles. The molecule has 3 atom stereocenters. The summed E-state index contributed by atoms with van der Waals surface area (Å²) in [5.41, 5.74) is 0. The third-order valence-electron chi connectivity index (χ3n) is 4.16. The van der Waals surface area contributed by atoms with Crippen molar-refractivity contribution in [3.8, 4) is 0 Å². The zero-order valence-corrected chi connectivity index (χ0v) is 10.7. The summed E-state index contributed by atoms with van der Waals surface area (Å²) in [6.07, 6.45) is 3.53. The van der Waals surface area contributed by atoms with E-state index in [0.29, 0.717) is 24.9 Å². The number of rotatable bonds is 4. The number of nitrogens with one attached hydrogen (secondary N) is 1. The molecular formula is C13H22N2O3. The molecular weight excluding hydrogens is 232 g/mol. The van der Waals surface area contributed by atoms with E-state index < -0.39 is 0 Å². The summed E-state index contributed by atoms with van der Waals surface area (Å²) in [5.74, 6) is 0.682. The average Bonchev–Trinajstić information content (AvgIpc) is 2.88. The van der Waals surface area contributed by atoms with Gasteiger partial charge in [-0.15, -0.1) is 0 Å². The summed E-state index contributed by atoms with van der Waals surface area (Å²) in [7, 11) is 0. The van der Waals surface area contributed by atoms with Crippen LogP contribution in [-0.4, -0.2) is 60.4 Å². The van der Waals surface area contributed by atoms with Gasteiger partial charge in [0.05, 0.1) is 18.8 Å². The Morgan fingerprint density at radius 3 is 2.78 bits per heavy atom. The van der Waals surface area contributed by atoms with E-state index in [2.05, 4.69) is 5.32 Å². The fourth-order valence-electron chi connectivity index (χ4n) is 2.92. The Morgan fingerprint density at radius 2 is 2.22 bits per heavy atom. The van der Waals surface area contributed by atoms with Crippen molar-refractivity contribution < 1.29 is 14.6 Å². The molecule has 3 rings (SSSR count). The number of amides is 1. The number of hydrogen-bond donors (Lipinski definition) is 2. The van der Waals surface area contributed by atoms with Crippen LogP contribution in [-0.2, 0) is 9.53 Å². The summed E-state index contributed by atoms with van der Waals surface area (Å²) in [4.78, 5) is 14.5. The maximum absolute atomic E-state index is 12.5. The first kappa shape index (κ1) is 12.4. The highest BCUT2D eigenvalue weighted by Crippen LogP contribution is 2.30. The molecule has 1 amide bonds. The Hall–Kier alpha value is -0.650. The van der Waals surface area contributed by atoms with Crippen molar-refractivity contribution in [1.29, 1.82) is 0 Å².